The molecule has 11 heteroatoms. The smallest absolute Gasteiger partial charge is 0.332 e. The molecular weight excluding hydrogens is 509 g/mol. The topological polar surface area (TPSA) is 107 Å². The molecule has 1 aromatic heterocycles. The van der Waals surface area contributed by atoms with Crippen LogP contribution in [0.25, 0.3) is 0 Å². The summed E-state index contributed by atoms with van der Waals surface area (Å²) in [5.74, 6) is 0.581. The molecule has 0 saturated carbocycles. The molecule has 1 atom stereocenters. The summed E-state index contributed by atoms with van der Waals surface area (Å²) in [5.41, 5.74) is 0. The summed E-state index contributed by atoms with van der Waals surface area (Å²) in [5, 5.41) is 13.7. The third-order valence-corrected chi connectivity index (χ3v) is 10.7. The summed E-state index contributed by atoms with van der Waals surface area (Å²) >= 11 is 0.913. The molecule has 37 heavy (non-hydrogen) atoms. The van der Waals surface area contributed by atoms with E-state index in [0.29, 0.717) is 0 Å². The average molecular weight is 532 g/mol. The molecule has 2 heterocycles. The number of hydrogen-bond donors (Lipinski definition) is 0. The lowest BCUT2D eigenvalue weighted by Gasteiger charge is -2.36. The molecule has 0 radical (unpaired) electrons. The van der Waals surface area contributed by atoms with Gasteiger partial charge in [0.05, 0.1) is 6.42 Å². The number of nitrogens with zero attached hydrogens (tertiary/aromatic N) is 5. The molecule has 1 aliphatic heterocycles. The van der Waals surface area contributed by atoms with Gasteiger partial charge < -0.3 is 4.84 Å². The van der Waals surface area contributed by atoms with Crippen molar-refractivity contribution in [1.29, 1.82) is 0 Å². The molecule has 0 N–H and O–H groups in total. The maximum Gasteiger partial charge on any atom is 0.357 e. The minimum absolute atomic E-state index is 0.0546. The summed E-state index contributed by atoms with van der Waals surface area (Å²) in [4.78, 5) is 43.7. The van der Waals surface area contributed by atoms with Crippen molar-refractivity contribution in [3.63, 3.8) is 0 Å². The zero-order valence-corrected chi connectivity index (χ0v) is 21.2. The Labute approximate surface area is 217 Å². The van der Waals surface area contributed by atoms with Crippen molar-refractivity contribution in [1.82, 2.24) is 25.3 Å². The monoisotopic (exact) mass is 531 g/mol. The number of carbonyl (C=O) groups is 3. The number of hydrogen-bond acceptors (Lipinski definition) is 8. The van der Waals surface area contributed by atoms with Gasteiger partial charge in [0, 0.05) is 5.80 Å². The van der Waals surface area contributed by atoms with E-state index in [4.69, 9.17) is 4.84 Å². The van der Waals surface area contributed by atoms with Gasteiger partial charge in [0.25, 0.3) is 5.91 Å². The highest BCUT2D eigenvalue weighted by molar-refractivity contribution is 8.14. The van der Waals surface area contributed by atoms with Crippen LogP contribution in [0.1, 0.15) is 6.42 Å². The first kappa shape index (κ1) is 24.7. The first-order valence-electron chi connectivity index (χ1n) is 11.4. The number of thioether (sulfide) groups is 1. The van der Waals surface area contributed by atoms with Crippen LogP contribution in [0.2, 0.25) is 0 Å². The number of hydroxylamine groups is 2. The van der Waals surface area contributed by atoms with E-state index in [1.54, 1.807) is 5.80 Å². The van der Waals surface area contributed by atoms with Crippen LogP contribution in [0.5, 0.6) is 0 Å². The maximum absolute atomic E-state index is 13.4. The lowest BCUT2D eigenvalue weighted by molar-refractivity contribution is -0.210. The van der Waals surface area contributed by atoms with Gasteiger partial charge in [-0.05, 0) is 33.2 Å². The average Bonchev–Trinajstić information content (AvgIpc) is 3.45. The Morgan fingerprint density at radius 1 is 0.919 bits per heavy atom. The molecule has 3 aromatic carbocycles. The van der Waals surface area contributed by atoms with Gasteiger partial charge in [0.1, 0.15) is 18.2 Å². The SMILES string of the molecule is O=C(C=P(c1ccccc1)(c1ccccc1)c1ccccc1)ON1C(=O)CC1SC(=O)Cn1cnnn1. The Bertz CT molecular complexity index is 1350. The fourth-order valence-electron chi connectivity index (χ4n) is 4.08. The van der Waals surface area contributed by atoms with Gasteiger partial charge in [-0.25, -0.2) is 9.48 Å². The highest BCUT2D eigenvalue weighted by atomic mass is 32.2. The van der Waals surface area contributed by atoms with Crippen molar-refractivity contribution < 1.29 is 19.2 Å². The lowest BCUT2D eigenvalue weighted by atomic mass is 10.2. The van der Waals surface area contributed by atoms with Gasteiger partial charge in [-0.2, -0.15) is 5.06 Å². The van der Waals surface area contributed by atoms with Crippen molar-refractivity contribution in [2.24, 2.45) is 0 Å². The highest BCUT2D eigenvalue weighted by Crippen LogP contribution is 2.43. The van der Waals surface area contributed by atoms with Gasteiger partial charge in [0.2, 0.25) is 5.12 Å². The number of carbonyl (C=O) groups excluding carboxylic acids is 3. The molecule has 1 amide bonds. The summed E-state index contributed by atoms with van der Waals surface area (Å²) in [6, 6.07) is 29.5. The molecule has 4 aromatic rings. The fraction of sp³-hybridized carbons (Fsp3) is 0.115. The van der Waals surface area contributed by atoms with E-state index in [2.05, 4.69) is 15.5 Å². The van der Waals surface area contributed by atoms with Gasteiger partial charge >= 0.3 is 5.97 Å². The second-order valence-electron chi connectivity index (χ2n) is 8.14. The third kappa shape index (κ3) is 5.26. The number of amides is 1. The summed E-state index contributed by atoms with van der Waals surface area (Å²) in [7, 11) is 0. The molecule has 1 saturated heterocycles. The summed E-state index contributed by atoms with van der Waals surface area (Å²) in [6.45, 7) is -2.65. The van der Waals surface area contributed by atoms with Crippen molar-refractivity contribution in [3.8, 4) is 0 Å². The first-order valence-corrected chi connectivity index (χ1v) is 14.2. The van der Waals surface area contributed by atoms with E-state index in [9.17, 15) is 14.4 Å². The van der Waals surface area contributed by atoms with Crippen molar-refractivity contribution in [3.05, 3.63) is 97.3 Å². The Morgan fingerprint density at radius 2 is 1.46 bits per heavy atom. The lowest BCUT2D eigenvalue weighted by Crippen LogP contribution is -2.52. The Morgan fingerprint density at radius 3 is 1.92 bits per heavy atom. The van der Waals surface area contributed by atoms with Gasteiger partial charge in [-0.15, -0.1) is 5.10 Å². The molecule has 1 aliphatic rings. The predicted octanol–water partition coefficient (Wildman–Crippen LogP) is 1.75. The zero-order chi connectivity index (χ0) is 25.7. The Hall–Kier alpha value is -4.01. The van der Waals surface area contributed by atoms with Gasteiger partial charge in [-0.1, -0.05) is 103 Å². The van der Waals surface area contributed by atoms with Crippen LogP contribution < -0.4 is 15.9 Å². The molecule has 0 aliphatic carbocycles. The Balaban J connectivity index is 1.47. The zero-order valence-electron chi connectivity index (χ0n) is 19.5. The molecule has 5 rings (SSSR count). The van der Waals surface area contributed by atoms with Crippen LogP contribution in [0.15, 0.2) is 97.3 Å². The summed E-state index contributed by atoms with van der Waals surface area (Å²) < 4.78 is 1.29. The number of β-lactam (4-membered cyclic amide) rings is 1. The number of tetrazole rings is 1. The second kappa shape index (κ2) is 10.9. The predicted molar refractivity (Wildman–Crippen MR) is 143 cm³/mol. The van der Waals surface area contributed by atoms with Crippen LogP contribution >= 0.6 is 18.6 Å². The minimum atomic E-state index is -2.59. The molecule has 0 bridgehead atoms. The molecule has 9 nitrogen and oxygen atoms in total. The van der Waals surface area contributed by atoms with Crippen LogP contribution in [0, 0.1) is 0 Å². The van der Waals surface area contributed by atoms with Crippen molar-refractivity contribution in [2.75, 3.05) is 0 Å². The van der Waals surface area contributed by atoms with E-state index in [-0.39, 0.29) is 24.0 Å². The number of aromatic nitrogens is 4. The fourth-order valence-corrected chi connectivity index (χ4v) is 8.71. The van der Waals surface area contributed by atoms with Gasteiger partial charge in [-0.3, -0.25) is 9.59 Å². The van der Waals surface area contributed by atoms with Crippen molar-refractivity contribution >= 4 is 57.3 Å². The molecule has 1 unspecified atom stereocenters. The van der Waals surface area contributed by atoms with Crippen molar-refractivity contribution in [2.45, 2.75) is 18.3 Å². The van der Waals surface area contributed by atoms with Crippen LogP contribution in [0.4, 0.5) is 0 Å². The number of rotatable bonds is 8. The molecule has 186 valence electrons. The quantitative estimate of drug-likeness (QED) is 0.250. The first-order chi connectivity index (χ1) is 18.1. The largest absolute Gasteiger partial charge is 0.357 e. The minimum Gasteiger partial charge on any atom is -0.332 e. The number of benzene rings is 3. The van der Waals surface area contributed by atoms with E-state index in [1.165, 1.54) is 11.0 Å². The van der Waals surface area contributed by atoms with Crippen LogP contribution in [-0.4, -0.2) is 53.4 Å². The maximum atomic E-state index is 13.4. The van der Waals surface area contributed by atoms with E-state index in [0.717, 1.165) is 32.7 Å². The van der Waals surface area contributed by atoms with E-state index >= 15 is 0 Å². The summed E-state index contributed by atoms with van der Waals surface area (Å²) in [6.07, 6.45) is 1.42. The molecule has 0 spiro atoms. The normalized spacial score (nSPS) is 15.1. The second-order valence-corrected chi connectivity index (χ2v) is 12.6. The highest BCUT2D eigenvalue weighted by Gasteiger charge is 2.42. The molecule has 1 fully saturated rings. The third-order valence-electron chi connectivity index (χ3n) is 5.78. The van der Waals surface area contributed by atoms with Crippen LogP contribution in [-0.2, 0) is 25.8 Å². The Kier molecular flexibility index (Phi) is 7.30. The van der Waals surface area contributed by atoms with E-state index in [1.807, 2.05) is 91.0 Å². The standard InChI is InChI=1S/C26H22N5O4PS/c32-23-16-24(37-26(34)17-30-19-27-28-29-30)31(23)35-25(33)18-36(20-10-4-1-5-11-20,21-12-6-2-7-13-21)22-14-8-3-9-15-22/h1-15,18-19,24H,16-17H2. The van der Waals surface area contributed by atoms with E-state index < -0.39 is 18.2 Å². The molecular formula is C26H22N5O4PS. The van der Waals surface area contributed by atoms with Gasteiger partial charge in [0.15, 0.2) is 0 Å². The van der Waals surface area contributed by atoms with Crippen LogP contribution in [0.3, 0.4) is 0 Å².